The summed E-state index contributed by atoms with van der Waals surface area (Å²) in [6.07, 6.45) is 1.77. The molecule has 1 N–H and O–H groups in total. The molecule has 1 aromatic heterocycles. The molecule has 0 radical (unpaired) electrons. The number of methoxy groups -OCH3 is 1. The molecule has 0 aliphatic carbocycles. The van der Waals surface area contributed by atoms with Gasteiger partial charge in [-0.25, -0.2) is 0 Å². The lowest BCUT2D eigenvalue weighted by Crippen LogP contribution is -2.17. The van der Waals surface area contributed by atoms with Crippen LogP contribution in [-0.2, 0) is 11.2 Å². The molecule has 72 valence electrons. The maximum Gasteiger partial charge on any atom is 0.0828 e. The first-order valence-electron chi connectivity index (χ1n) is 4.00. The van der Waals surface area contributed by atoms with Gasteiger partial charge in [0.15, 0.2) is 0 Å². The average Bonchev–Trinajstić information content (AvgIpc) is 2.09. The highest BCUT2D eigenvalue weighted by Gasteiger charge is 2.05. The zero-order valence-electron chi connectivity index (χ0n) is 7.40. The fraction of sp³-hybridized carbons (Fsp3) is 0.444. The van der Waals surface area contributed by atoms with Crippen LogP contribution in [0.4, 0.5) is 0 Å². The first-order valence-corrected chi connectivity index (χ1v) is 4.79. The van der Waals surface area contributed by atoms with Gasteiger partial charge in [0, 0.05) is 29.9 Å². The summed E-state index contributed by atoms with van der Waals surface area (Å²) in [5.74, 6) is 0. The molecule has 1 unspecified atom stereocenters. The van der Waals surface area contributed by atoms with Crippen molar-refractivity contribution in [2.45, 2.75) is 12.5 Å². The van der Waals surface area contributed by atoms with Crippen LogP contribution in [-0.4, -0.2) is 29.9 Å². The fourth-order valence-corrected chi connectivity index (χ4v) is 1.25. The SMILES string of the molecule is COCC(O)Cc1ccc(Br)cn1. The molecule has 0 amide bonds. The Bertz CT molecular complexity index is 250. The summed E-state index contributed by atoms with van der Waals surface area (Å²) in [5, 5.41) is 9.40. The molecule has 0 bridgehead atoms. The Morgan fingerprint density at radius 3 is 2.92 bits per heavy atom. The van der Waals surface area contributed by atoms with Crippen LogP contribution in [0.1, 0.15) is 5.69 Å². The van der Waals surface area contributed by atoms with Crippen molar-refractivity contribution in [3.63, 3.8) is 0 Å². The zero-order chi connectivity index (χ0) is 9.68. The van der Waals surface area contributed by atoms with Crippen LogP contribution in [0, 0.1) is 0 Å². The van der Waals surface area contributed by atoms with E-state index < -0.39 is 6.10 Å². The highest BCUT2D eigenvalue weighted by Crippen LogP contribution is 2.08. The number of hydrogen-bond donors (Lipinski definition) is 1. The first-order chi connectivity index (χ1) is 6.22. The largest absolute Gasteiger partial charge is 0.390 e. The molecular weight excluding hydrogens is 234 g/mol. The van der Waals surface area contributed by atoms with Crippen LogP contribution in [0.25, 0.3) is 0 Å². The van der Waals surface area contributed by atoms with Crippen molar-refractivity contribution < 1.29 is 9.84 Å². The number of rotatable bonds is 4. The summed E-state index contributed by atoms with van der Waals surface area (Å²) in [6, 6.07) is 3.78. The van der Waals surface area contributed by atoms with Crippen LogP contribution < -0.4 is 0 Å². The number of halogens is 1. The molecule has 1 rings (SSSR count). The molecule has 0 aliphatic rings. The second-order valence-corrected chi connectivity index (χ2v) is 3.70. The summed E-state index contributed by atoms with van der Waals surface area (Å²) in [7, 11) is 1.57. The lowest BCUT2D eigenvalue weighted by atomic mass is 10.2. The van der Waals surface area contributed by atoms with Gasteiger partial charge in [0.2, 0.25) is 0 Å². The number of nitrogens with zero attached hydrogens (tertiary/aromatic N) is 1. The Balaban J connectivity index is 2.49. The molecule has 1 heterocycles. The van der Waals surface area contributed by atoms with Gasteiger partial charge in [0.05, 0.1) is 12.7 Å². The second kappa shape index (κ2) is 5.32. The highest BCUT2D eigenvalue weighted by atomic mass is 79.9. The van der Waals surface area contributed by atoms with Crippen LogP contribution in [0.15, 0.2) is 22.8 Å². The molecule has 0 aromatic carbocycles. The number of pyridine rings is 1. The van der Waals surface area contributed by atoms with Crippen LogP contribution in [0.5, 0.6) is 0 Å². The minimum atomic E-state index is -0.473. The van der Waals surface area contributed by atoms with Gasteiger partial charge < -0.3 is 9.84 Å². The van der Waals surface area contributed by atoms with E-state index in [9.17, 15) is 5.11 Å². The van der Waals surface area contributed by atoms with Crippen LogP contribution >= 0.6 is 15.9 Å². The molecule has 13 heavy (non-hydrogen) atoms. The van der Waals surface area contributed by atoms with E-state index >= 15 is 0 Å². The Labute approximate surface area is 85.9 Å². The van der Waals surface area contributed by atoms with Gasteiger partial charge in [-0.15, -0.1) is 0 Å². The van der Waals surface area contributed by atoms with Gasteiger partial charge in [-0.1, -0.05) is 0 Å². The summed E-state index contributed by atoms with van der Waals surface area (Å²) in [6.45, 7) is 0.345. The molecule has 0 aliphatic heterocycles. The van der Waals surface area contributed by atoms with E-state index in [1.165, 1.54) is 0 Å². The Hall–Kier alpha value is -0.450. The van der Waals surface area contributed by atoms with Crippen molar-refractivity contribution in [3.8, 4) is 0 Å². The van der Waals surface area contributed by atoms with Gasteiger partial charge in [-0.05, 0) is 28.1 Å². The smallest absolute Gasteiger partial charge is 0.0828 e. The van der Waals surface area contributed by atoms with Gasteiger partial charge in [-0.3, -0.25) is 4.98 Å². The van der Waals surface area contributed by atoms with Crippen LogP contribution in [0.3, 0.4) is 0 Å². The maximum atomic E-state index is 9.40. The van der Waals surface area contributed by atoms with Gasteiger partial charge in [0.25, 0.3) is 0 Å². The summed E-state index contributed by atoms with van der Waals surface area (Å²) >= 11 is 3.29. The number of hydrogen-bond acceptors (Lipinski definition) is 3. The first kappa shape index (κ1) is 10.6. The molecule has 3 nitrogen and oxygen atoms in total. The van der Waals surface area contributed by atoms with E-state index in [1.807, 2.05) is 12.1 Å². The van der Waals surface area contributed by atoms with E-state index in [0.29, 0.717) is 13.0 Å². The van der Waals surface area contributed by atoms with Crippen molar-refractivity contribution >= 4 is 15.9 Å². The second-order valence-electron chi connectivity index (χ2n) is 2.78. The predicted molar refractivity (Wildman–Crippen MR) is 53.5 cm³/mol. The predicted octanol–water partition coefficient (Wildman–Crippen LogP) is 1.39. The number of ether oxygens (including phenoxy) is 1. The number of aliphatic hydroxyl groups is 1. The van der Waals surface area contributed by atoms with Gasteiger partial charge >= 0.3 is 0 Å². The lowest BCUT2D eigenvalue weighted by molar-refractivity contribution is 0.0644. The monoisotopic (exact) mass is 245 g/mol. The van der Waals surface area contributed by atoms with Crippen molar-refractivity contribution in [2.75, 3.05) is 13.7 Å². The minimum Gasteiger partial charge on any atom is -0.390 e. The molecular formula is C9H12BrNO2. The Morgan fingerprint density at radius 2 is 2.38 bits per heavy atom. The van der Waals surface area contributed by atoms with E-state index in [4.69, 9.17) is 4.74 Å². The molecule has 0 fully saturated rings. The van der Waals surface area contributed by atoms with Gasteiger partial charge in [-0.2, -0.15) is 0 Å². The quantitative estimate of drug-likeness (QED) is 0.872. The summed E-state index contributed by atoms with van der Waals surface area (Å²) in [4.78, 5) is 4.14. The third kappa shape index (κ3) is 3.85. The molecule has 0 saturated heterocycles. The van der Waals surface area contributed by atoms with Crippen LogP contribution in [0.2, 0.25) is 0 Å². The highest BCUT2D eigenvalue weighted by molar-refractivity contribution is 9.10. The third-order valence-electron chi connectivity index (χ3n) is 1.59. The lowest BCUT2D eigenvalue weighted by Gasteiger charge is -2.07. The van der Waals surface area contributed by atoms with Crippen molar-refractivity contribution in [1.29, 1.82) is 0 Å². The van der Waals surface area contributed by atoms with Gasteiger partial charge in [0.1, 0.15) is 0 Å². The molecule has 0 spiro atoms. The normalized spacial score (nSPS) is 12.8. The maximum absolute atomic E-state index is 9.40. The van der Waals surface area contributed by atoms with E-state index in [1.54, 1.807) is 13.3 Å². The Morgan fingerprint density at radius 1 is 1.62 bits per heavy atom. The topological polar surface area (TPSA) is 42.4 Å². The average molecular weight is 246 g/mol. The minimum absolute atomic E-state index is 0.345. The van der Waals surface area contributed by atoms with Crippen molar-refractivity contribution in [1.82, 2.24) is 4.98 Å². The zero-order valence-corrected chi connectivity index (χ0v) is 8.99. The fourth-order valence-electron chi connectivity index (χ4n) is 1.02. The third-order valence-corrected chi connectivity index (χ3v) is 2.06. The van der Waals surface area contributed by atoms with Crippen molar-refractivity contribution in [2.24, 2.45) is 0 Å². The Kier molecular flexibility index (Phi) is 4.35. The molecule has 1 atom stereocenters. The summed E-state index contributed by atoms with van der Waals surface area (Å²) < 4.78 is 5.75. The molecule has 1 aromatic rings. The summed E-state index contributed by atoms with van der Waals surface area (Å²) in [5.41, 5.74) is 0.868. The number of aliphatic hydroxyl groups excluding tert-OH is 1. The van der Waals surface area contributed by atoms with E-state index in [2.05, 4.69) is 20.9 Å². The van der Waals surface area contributed by atoms with Crippen molar-refractivity contribution in [3.05, 3.63) is 28.5 Å². The van der Waals surface area contributed by atoms with E-state index in [0.717, 1.165) is 10.2 Å². The van der Waals surface area contributed by atoms with E-state index in [-0.39, 0.29) is 0 Å². The molecule has 4 heteroatoms. The number of aromatic nitrogens is 1. The standard InChI is InChI=1S/C9H12BrNO2/c1-13-6-9(12)4-8-3-2-7(10)5-11-8/h2-3,5,9,12H,4,6H2,1H3. The molecule has 0 saturated carbocycles.